The fourth-order valence-electron chi connectivity index (χ4n) is 1.36. The second-order valence-electron chi connectivity index (χ2n) is 3.48. The molecule has 0 fully saturated rings. The number of carbonyl (C=O) groups is 1. The summed E-state index contributed by atoms with van der Waals surface area (Å²) in [5.41, 5.74) is 0.0777. The summed E-state index contributed by atoms with van der Waals surface area (Å²) < 4.78 is 17.8. The highest BCUT2D eigenvalue weighted by atomic mass is 19.1. The van der Waals surface area contributed by atoms with E-state index in [2.05, 4.69) is 10.1 Å². The third-order valence-electron chi connectivity index (χ3n) is 2.06. The first-order valence-corrected chi connectivity index (χ1v) is 5.33. The zero-order valence-corrected chi connectivity index (χ0v) is 9.81. The average Bonchev–Trinajstić information content (AvgIpc) is 2.28. The topological polar surface area (TPSA) is 81.5 Å². The van der Waals surface area contributed by atoms with Gasteiger partial charge in [0.1, 0.15) is 5.82 Å². The summed E-state index contributed by atoms with van der Waals surface area (Å²) in [6.07, 6.45) is 0. The predicted molar refractivity (Wildman–Crippen MR) is 61.4 cm³/mol. The molecule has 0 aliphatic rings. The lowest BCUT2D eigenvalue weighted by molar-refractivity contribution is -0.385. The molecule has 0 aliphatic heterocycles. The maximum absolute atomic E-state index is 13.1. The summed E-state index contributed by atoms with van der Waals surface area (Å²) >= 11 is 0. The Labute approximate surface area is 103 Å². The van der Waals surface area contributed by atoms with E-state index in [-0.39, 0.29) is 25.4 Å². The third-order valence-corrected chi connectivity index (χ3v) is 2.06. The molecule has 0 saturated carbocycles. The van der Waals surface area contributed by atoms with E-state index in [4.69, 9.17) is 0 Å². The minimum atomic E-state index is -0.683. The molecule has 0 unspecified atom stereocenters. The van der Waals surface area contributed by atoms with Crippen molar-refractivity contribution in [3.05, 3.63) is 39.7 Å². The monoisotopic (exact) mass is 256 g/mol. The quantitative estimate of drug-likeness (QED) is 0.472. The van der Waals surface area contributed by atoms with E-state index in [1.54, 1.807) is 6.92 Å². The Hall–Kier alpha value is -2.02. The molecule has 0 spiro atoms. The van der Waals surface area contributed by atoms with Crippen LogP contribution in [-0.2, 0) is 16.1 Å². The summed E-state index contributed by atoms with van der Waals surface area (Å²) in [5.74, 6) is -1.11. The maximum Gasteiger partial charge on any atom is 0.319 e. The van der Waals surface area contributed by atoms with E-state index in [0.29, 0.717) is 5.56 Å². The molecule has 0 bridgehead atoms. The van der Waals surface area contributed by atoms with E-state index in [0.717, 1.165) is 6.07 Å². The van der Waals surface area contributed by atoms with Gasteiger partial charge in [0.2, 0.25) is 0 Å². The number of non-ortho nitro benzene ring substituents is 1. The second-order valence-corrected chi connectivity index (χ2v) is 3.48. The Balaban J connectivity index is 2.57. The van der Waals surface area contributed by atoms with Gasteiger partial charge in [-0.25, -0.2) is 4.39 Å². The van der Waals surface area contributed by atoms with Gasteiger partial charge in [0.25, 0.3) is 5.69 Å². The summed E-state index contributed by atoms with van der Waals surface area (Å²) in [6, 6.07) is 3.27. The number of nitrogens with one attached hydrogen (secondary N) is 1. The molecule has 1 aromatic carbocycles. The van der Waals surface area contributed by atoms with Gasteiger partial charge in [-0.1, -0.05) is 0 Å². The van der Waals surface area contributed by atoms with E-state index in [1.165, 1.54) is 12.1 Å². The zero-order valence-electron chi connectivity index (χ0n) is 9.81. The Morgan fingerprint density at radius 3 is 2.83 bits per heavy atom. The lowest BCUT2D eigenvalue weighted by Gasteiger charge is -2.05. The lowest BCUT2D eigenvalue weighted by Crippen LogP contribution is -2.24. The molecule has 1 rings (SSSR count). The standard InChI is InChI=1S/C11H13FN2O4/c1-2-18-11(15)7-13-6-8-3-9(12)5-10(4-8)14(16)17/h3-5,13H,2,6-7H2,1H3. The number of hydrogen-bond acceptors (Lipinski definition) is 5. The summed E-state index contributed by atoms with van der Waals surface area (Å²) in [5, 5.41) is 13.2. The van der Waals surface area contributed by atoms with Gasteiger partial charge in [-0.3, -0.25) is 14.9 Å². The number of esters is 1. The van der Waals surface area contributed by atoms with Crippen LogP contribution in [0.2, 0.25) is 0 Å². The van der Waals surface area contributed by atoms with E-state index in [1.807, 2.05) is 0 Å². The molecule has 0 atom stereocenters. The molecule has 0 aromatic heterocycles. The van der Waals surface area contributed by atoms with Crippen LogP contribution in [0.15, 0.2) is 18.2 Å². The smallest absolute Gasteiger partial charge is 0.319 e. The highest BCUT2D eigenvalue weighted by molar-refractivity contribution is 5.71. The van der Waals surface area contributed by atoms with Crippen LogP contribution in [0.25, 0.3) is 0 Å². The molecule has 0 saturated heterocycles. The van der Waals surface area contributed by atoms with Crippen molar-refractivity contribution in [1.82, 2.24) is 5.32 Å². The Bertz CT molecular complexity index is 451. The molecule has 1 N–H and O–H groups in total. The zero-order chi connectivity index (χ0) is 13.5. The molecule has 98 valence electrons. The van der Waals surface area contributed by atoms with Crippen molar-refractivity contribution >= 4 is 11.7 Å². The number of ether oxygens (including phenoxy) is 1. The number of rotatable bonds is 6. The number of nitrogens with zero attached hydrogens (tertiary/aromatic N) is 1. The van der Waals surface area contributed by atoms with Crippen molar-refractivity contribution in [3.8, 4) is 0 Å². The Morgan fingerprint density at radius 1 is 1.50 bits per heavy atom. The molecule has 1 aromatic rings. The molecule has 0 amide bonds. The Kier molecular flexibility index (Phi) is 5.19. The van der Waals surface area contributed by atoms with Gasteiger partial charge >= 0.3 is 5.97 Å². The van der Waals surface area contributed by atoms with Gasteiger partial charge in [0, 0.05) is 12.6 Å². The molecular formula is C11H13FN2O4. The average molecular weight is 256 g/mol. The predicted octanol–water partition coefficient (Wildman–Crippen LogP) is 1.39. The summed E-state index contributed by atoms with van der Waals surface area (Å²) in [4.78, 5) is 20.9. The number of nitro groups is 1. The van der Waals surface area contributed by atoms with Crippen LogP contribution in [-0.4, -0.2) is 24.0 Å². The minimum absolute atomic E-state index is 0.0296. The highest BCUT2D eigenvalue weighted by Gasteiger charge is 2.10. The normalized spacial score (nSPS) is 10.1. The van der Waals surface area contributed by atoms with Crippen LogP contribution in [0.4, 0.5) is 10.1 Å². The molecule has 0 aliphatic carbocycles. The van der Waals surface area contributed by atoms with Gasteiger partial charge < -0.3 is 10.1 Å². The fraction of sp³-hybridized carbons (Fsp3) is 0.364. The van der Waals surface area contributed by atoms with Crippen molar-refractivity contribution < 1.29 is 18.8 Å². The Morgan fingerprint density at radius 2 is 2.22 bits per heavy atom. The van der Waals surface area contributed by atoms with Crippen molar-refractivity contribution in [2.75, 3.05) is 13.2 Å². The van der Waals surface area contributed by atoms with Gasteiger partial charge in [-0.05, 0) is 18.6 Å². The van der Waals surface area contributed by atoms with Crippen LogP contribution >= 0.6 is 0 Å². The number of hydrogen-bond donors (Lipinski definition) is 1. The first-order chi connectivity index (χ1) is 8.52. The molecule has 0 heterocycles. The van der Waals surface area contributed by atoms with E-state index in [9.17, 15) is 19.3 Å². The van der Waals surface area contributed by atoms with Gasteiger partial charge in [0.15, 0.2) is 0 Å². The van der Waals surface area contributed by atoms with Gasteiger partial charge in [0.05, 0.1) is 24.1 Å². The number of carbonyl (C=O) groups excluding carboxylic acids is 1. The van der Waals surface area contributed by atoms with Crippen LogP contribution in [0.1, 0.15) is 12.5 Å². The summed E-state index contributed by atoms with van der Waals surface area (Å²) in [7, 11) is 0. The molecule has 18 heavy (non-hydrogen) atoms. The van der Waals surface area contributed by atoms with E-state index < -0.39 is 16.7 Å². The highest BCUT2D eigenvalue weighted by Crippen LogP contribution is 2.15. The van der Waals surface area contributed by atoms with Gasteiger partial charge in [-0.15, -0.1) is 0 Å². The van der Waals surface area contributed by atoms with Crippen molar-refractivity contribution in [2.24, 2.45) is 0 Å². The van der Waals surface area contributed by atoms with E-state index >= 15 is 0 Å². The minimum Gasteiger partial charge on any atom is -0.465 e. The first-order valence-electron chi connectivity index (χ1n) is 5.33. The molecule has 0 radical (unpaired) electrons. The number of halogens is 1. The third kappa shape index (κ3) is 4.46. The molecule has 6 nitrogen and oxygen atoms in total. The first kappa shape index (κ1) is 14.0. The van der Waals surface area contributed by atoms with Crippen LogP contribution in [0, 0.1) is 15.9 Å². The number of nitro benzene ring substituents is 1. The SMILES string of the molecule is CCOC(=O)CNCc1cc(F)cc([N+](=O)[O-])c1. The molecule has 7 heteroatoms. The molecular weight excluding hydrogens is 243 g/mol. The maximum atomic E-state index is 13.1. The van der Waals surface area contributed by atoms with Crippen molar-refractivity contribution in [2.45, 2.75) is 13.5 Å². The van der Waals surface area contributed by atoms with Crippen molar-refractivity contribution in [1.29, 1.82) is 0 Å². The van der Waals surface area contributed by atoms with Gasteiger partial charge in [-0.2, -0.15) is 0 Å². The summed E-state index contributed by atoms with van der Waals surface area (Å²) in [6.45, 7) is 2.09. The van der Waals surface area contributed by atoms with Crippen LogP contribution < -0.4 is 5.32 Å². The second kappa shape index (κ2) is 6.65. The van der Waals surface area contributed by atoms with Crippen molar-refractivity contribution in [3.63, 3.8) is 0 Å². The fourth-order valence-corrected chi connectivity index (χ4v) is 1.36. The lowest BCUT2D eigenvalue weighted by atomic mass is 10.2. The largest absolute Gasteiger partial charge is 0.465 e. The van der Waals surface area contributed by atoms with Crippen LogP contribution in [0.3, 0.4) is 0 Å². The van der Waals surface area contributed by atoms with Crippen LogP contribution in [0.5, 0.6) is 0 Å². The number of benzene rings is 1.